The maximum absolute atomic E-state index is 12.5. The number of nitrogens with zero attached hydrogens (tertiary/aromatic N) is 2. The van der Waals surface area contributed by atoms with Crippen LogP contribution in [0.5, 0.6) is 0 Å². The van der Waals surface area contributed by atoms with Gasteiger partial charge in [-0.3, -0.25) is 4.57 Å². The van der Waals surface area contributed by atoms with Crippen LogP contribution >= 0.6 is 19.8 Å². The lowest BCUT2D eigenvalue weighted by molar-refractivity contribution is -0.0516. The van der Waals surface area contributed by atoms with E-state index < -0.39 is 45.7 Å². The van der Waals surface area contributed by atoms with Gasteiger partial charge in [-0.25, -0.2) is 4.79 Å². The maximum atomic E-state index is 12.5. The highest BCUT2D eigenvalue weighted by molar-refractivity contribution is 8.00. The second kappa shape index (κ2) is 12.0. The fourth-order valence-corrected chi connectivity index (χ4v) is 7.54. The van der Waals surface area contributed by atoms with Crippen molar-refractivity contribution in [1.82, 2.24) is 9.55 Å². The van der Waals surface area contributed by atoms with Crippen molar-refractivity contribution in [2.24, 2.45) is 5.92 Å². The van der Waals surface area contributed by atoms with E-state index in [1.807, 2.05) is 6.92 Å². The summed E-state index contributed by atoms with van der Waals surface area (Å²) in [5.41, 5.74) is 6.16. The van der Waals surface area contributed by atoms with Gasteiger partial charge in [0, 0.05) is 10.9 Å². The molecule has 13 heteroatoms. The summed E-state index contributed by atoms with van der Waals surface area (Å²) in [6.07, 6.45) is 0.437. The summed E-state index contributed by atoms with van der Waals surface area (Å²) in [6.45, 7) is 18.8. The van der Waals surface area contributed by atoms with Gasteiger partial charge in [-0.2, -0.15) is 17.6 Å². The van der Waals surface area contributed by atoms with E-state index in [0.29, 0.717) is 5.92 Å². The van der Waals surface area contributed by atoms with Gasteiger partial charge < -0.3 is 20.0 Å². The molecule has 0 amide bonds. The Bertz CT molecular complexity index is 1100. The number of nitrogens with two attached hydrogens (primary N) is 1. The van der Waals surface area contributed by atoms with Crippen LogP contribution in [0.3, 0.4) is 0 Å². The third-order valence-electron chi connectivity index (χ3n) is 8.12. The molecule has 0 bridgehead atoms. The van der Waals surface area contributed by atoms with Gasteiger partial charge in [0.1, 0.15) is 36.8 Å². The molecule has 0 radical (unpaired) electrons. The zero-order valence-corrected chi connectivity index (χ0v) is 27.0. The van der Waals surface area contributed by atoms with Crippen molar-refractivity contribution >= 4 is 45.7 Å². The Labute approximate surface area is 238 Å². The van der Waals surface area contributed by atoms with E-state index in [-0.39, 0.29) is 28.3 Å². The molecule has 1 saturated heterocycles. The van der Waals surface area contributed by atoms with Crippen LogP contribution in [0.25, 0.3) is 0 Å². The number of ether oxygens (including phenoxy) is 1. The molecule has 8 atom stereocenters. The molecule has 0 spiro atoms. The maximum Gasteiger partial charge on any atom is 0.522 e. The first kappa shape index (κ1) is 31.8. The molecule has 0 aromatic carbocycles. The van der Waals surface area contributed by atoms with E-state index in [9.17, 15) is 9.90 Å². The number of hydrogen-bond acceptors (Lipinski definition) is 10. The van der Waals surface area contributed by atoms with E-state index >= 15 is 0 Å². The normalized spacial score (nSPS) is 32.8. The van der Waals surface area contributed by atoms with E-state index in [0.717, 1.165) is 24.8 Å². The molecule has 38 heavy (non-hydrogen) atoms. The van der Waals surface area contributed by atoms with Crippen molar-refractivity contribution in [3.63, 3.8) is 0 Å². The third-order valence-corrected chi connectivity index (χ3v) is 14.5. The minimum absolute atomic E-state index is 0.0408. The van der Waals surface area contributed by atoms with Gasteiger partial charge in [-0.15, -0.1) is 9.05 Å². The Hall–Kier alpha value is -0.693. The summed E-state index contributed by atoms with van der Waals surface area (Å²) in [7, 11) is -4.01. The van der Waals surface area contributed by atoms with E-state index in [2.05, 4.69) is 52.4 Å². The lowest BCUT2D eigenvalue weighted by atomic mass is 9.77. The molecule has 3 N–H and O–H groups in total. The lowest BCUT2D eigenvalue weighted by Gasteiger charge is -2.39. The first-order valence-electron chi connectivity index (χ1n) is 12.9. The minimum Gasteiger partial charge on any atom is -0.408 e. The number of hydrogen-bond donors (Lipinski definition) is 3. The fourth-order valence-electron chi connectivity index (χ4n) is 4.50. The smallest absolute Gasteiger partial charge is 0.408 e. The number of nitrogen functional groups attached to an aromatic ring is 1. The molecule has 3 rings (SSSR count). The minimum atomic E-state index is -2.32. The number of aromatic nitrogens is 2. The van der Waals surface area contributed by atoms with Crippen LogP contribution in [-0.4, -0.2) is 58.7 Å². The summed E-state index contributed by atoms with van der Waals surface area (Å²) in [5.74, 6) is 0.455. The van der Waals surface area contributed by atoms with Crippen LogP contribution in [0, 0.1) is 5.92 Å². The molecule has 1 aliphatic carbocycles. The van der Waals surface area contributed by atoms with Gasteiger partial charge >= 0.3 is 12.8 Å². The highest BCUT2D eigenvalue weighted by atomic mass is 32.4. The second-order valence-electron chi connectivity index (χ2n) is 12.2. The molecule has 214 valence electrons. The summed E-state index contributed by atoms with van der Waals surface area (Å²) in [5, 5.41) is 11.2. The van der Waals surface area contributed by atoms with Crippen molar-refractivity contribution in [2.75, 3.05) is 12.3 Å². The molecule has 1 aromatic rings. The molecule has 2 unspecified atom stereocenters. The first-order chi connectivity index (χ1) is 17.4. The number of anilines is 1. The highest BCUT2D eigenvalue weighted by Crippen LogP contribution is 2.46. The summed E-state index contributed by atoms with van der Waals surface area (Å²) in [4.78, 5) is 16.3. The van der Waals surface area contributed by atoms with Crippen molar-refractivity contribution < 1.29 is 23.3 Å². The molecular formula is C25H43N3O6PS2Si+. The van der Waals surface area contributed by atoms with Crippen molar-refractivity contribution in [1.29, 1.82) is 0 Å². The van der Waals surface area contributed by atoms with Crippen molar-refractivity contribution in [3.05, 3.63) is 34.9 Å². The molecule has 2 aliphatic rings. The van der Waals surface area contributed by atoms with Gasteiger partial charge in [0.15, 0.2) is 14.5 Å². The van der Waals surface area contributed by atoms with Gasteiger partial charge in [0.05, 0.1) is 0 Å². The van der Waals surface area contributed by atoms with Crippen molar-refractivity contribution in [3.8, 4) is 0 Å². The zero-order valence-electron chi connectivity index (χ0n) is 23.4. The Balaban J connectivity index is 1.76. The van der Waals surface area contributed by atoms with E-state index in [1.165, 1.54) is 16.8 Å². The SMILES string of the molecule is C=C(C)[C@@H]1CC[C@](C)(S)[C@@H](O[P+](=S)OC[C@H]2O[C@@H](n3ccc(N)nc3=O)[C@H](O)C2O[Si](C)(C)C(C)(C)C)C1. The number of aliphatic hydroxyl groups is 1. The van der Waals surface area contributed by atoms with Crippen LogP contribution in [0.15, 0.2) is 29.2 Å². The Morgan fingerprint density at radius 3 is 2.71 bits per heavy atom. The van der Waals surface area contributed by atoms with Crippen LogP contribution < -0.4 is 11.4 Å². The topological polar surface area (TPSA) is 118 Å². The predicted molar refractivity (Wildman–Crippen MR) is 160 cm³/mol. The van der Waals surface area contributed by atoms with Gasteiger partial charge in [-0.05, 0) is 63.2 Å². The standard InChI is InChI=1S/C25H42N3O6PS2Si/c1-15(2)16-9-11-25(6,36)18(13-16)33-35(37)31-14-17-21(34-38(7,8)24(3,4)5)20(29)22(32-17)28-12-10-19(26)27-23(28)30/h10,12,16-18,20-22,29H,1,9,11,13-14H2,2-8H3,(H2-,26,27,30,36)/p+1/t16-,17-,18+,20-,21?,22-,25+/m1/s1. The van der Waals surface area contributed by atoms with E-state index in [4.69, 9.17) is 48.4 Å². The van der Waals surface area contributed by atoms with Crippen LogP contribution in [0.1, 0.15) is 60.1 Å². The van der Waals surface area contributed by atoms with Gasteiger partial charge in [-0.1, -0.05) is 32.9 Å². The predicted octanol–water partition coefficient (Wildman–Crippen LogP) is 4.71. The summed E-state index contributed by atoms with van der Waals surface area (Å²) in [6, 6.07) is 1.48. The lowest BCUT2D eigenvalue weighted by Crippen LogP contribution is -2.50. The second-order valence-corrected chi connectivity index (χ2v) is 19.8. The van der Waals surface area contributed by atoms with Crippen LogP contribution in [0.2, 0.25) is 18.1 Å². The van der Waals surface area contributed by atoms with Gasteiger partial charge in [0.25, 0.3) is 0 Å². The van der Waals surface area contributed by atoms with Crippen molar-refractivity contribution in [2.45, 2.75) is 107 Å². The Kier molecular flexibility index (Phi) is 10.1. The molecular weight excluding hydrogens is 561 g/mol. The molecule has 2 fully saturated rings. The van der Waals surface area contributed by atoms with E-state index in [1.54, 1.807) is 0 Å². The average molecular weight is 605 g/mol. The third kappa shape index (κ3) is 7.33. The van der Waals surface area contributed by atoms with Crippen LogP contribution in [0.4, 0.5) is 5.82 Å². The van der Waals surface area contributed by atoms with Gasteiger partial charge in [0.2, 0.25) is 11.8 Å². The molecule has 1 saturated carbocycles. The summed E-state index contributed by atoms with van der Waals surface area (Å²) >= 11 is 10.4. The number of rotatable bonds is 9. The highest BCUT2D eigenvalue weighted by Gasteiger charge is 2.51. The zero-order chi connectivity index (χ0) is 28.6. The molecule has 1 aliphatic heterocycles. The van der Waals surface area contributed by atoms with Crippen LogP contribution in [-0.2, 0) is 30.0 Å². The number of aliphatic hydroxyl groups excluding tert-OH is 1. The first-order valence-corrected chi connectivity index (χ1v) is 18.5. The Morgan fingerprint density at radius 2 is 2.13 bits per heavy atom. The quantitative estimate of drug-likeness (QED) is 0.159. The Morgan fingerprint density at radius 1 is 1.47 bits per heavy atom. The number of allylic oxidation sites excluding steroid dienone is 1. The largest absolute Gasteiger partial charge is 0.522 e. The monoisotopic (exact) mass is 604 g/mol. The number of thiol groups is 1. The molecule has 9 nitrogen and oxygen atoms in total. The molecule has 1 aromatic heterocycles. The average Bonchev–Trinajstić information content (AvgIpc) is 3.07. The molecule has 2 heterocycles. The fraction of sp³-hybridized carbons (Fsp3) is 0.760. The summed E-state index contributed by atoms with van der Waals surface area (Å²) < 4.78 is 25.9.